The Morgan fingerprint density at radius 2 is 1.95 bits per heavy atom. The van der Waals surface area contributed by atoms with Crippen LogP contribution in [0.3, 0.4) is 0 Å². The van der Waals surface area contributed by atoms with Crippen LogP contribution in [0, 0.1) is 0 Å². The molecule has 2 aromatic rings. The summed E-state index contributed by atoms with van der Waals surface area (Å²) < 4.78 is 5.88. The van der Waals surface area contributed by atoms with E-state index in [4.69, 9.17) is 27.9 Å². The molecule has 0 N–H and O–H groups in total. The predicted octanol–water partition coefficient (Wildman–Crippen LogP) is 5.09. The molecule has 2 nitrogen and oxygen atoms in total. The summed E-state index contributed by atoms with van der Waals surface area (Å²) in [4.78, 5) is 11.9. The number of halogens is 2. The first kappa shape index (κ1) is 14.4. The second kappa shape index (κ2) is 6.08. The highest BCUT2D eigenvalue weighted by Crippen LogP contribution is 2.31. The van der Waals surface area contributed by atoms with Gasteiger partial charge in [-0.2, -0.15) is 0 Å². The largest absolute Gasteiger partial charge is 0.489 e. The molecule has 0 aromatic heterocycles. The molecule has 2 aromatic carbocycles. The standard InChI is InChI=1S/C17H14Cl2O2/c18-12-7-8-15(19)11(9-12)10-21-17-6-2-3-13-14(17)4-1-5-16(13)20/h2-3,6-9H,1,4-5,10H2. The topological polar surface area (TPSA) is 26.3 Å². The Bertz CT molecular complexity index is 695. The van der Waals surface area contributed by atoms with Crippen molar-refractivity contribution < 1.29 is 9.53 Å². The Labute approximate surface area is 133 Å². The van der Waals surface area contributed by atoms with Crippen molar-refractivity contribution in [2.24, 2.45) is 0 Å². The van der Waals surface area contributed by atoms with E-state index in [1.54, 1.807) is 18.2 Å². The number of carbonyl (C=O) groups excluding carboxylic acids is 1. The maximum atomic E-state index is 11.9. The van der Waals surface area contributed by atoms with E-state index in [1.807, 2.05) is 18.2 Å². The summed E-state index contributed by atoms with van der Waals surface area (Å²) in [5.41, 5.74) is 2.63. The van der Waals surface area contributed by atoms with Crippen LogP contribution in [0.5, 0.6) is 5.75 Å². The summed E-state index contributed by atoms with van der Waals surface area (Å²) in [7, 11) is 0. The molecule has 3 rings (SSSR count). The number of benzene rings is 2. The van der Waals surface area contributed by atoms with Gasteiger partial charge in [-0.1, -0.05) is 35.3 Å². The number of carbonyl (C=O) groups is 1. The minimum atomic E-state index is 0.197. The smallest absolute Gasteiger partial charge is 0.163 e. The van der Waals surface area contributed by atoms with Crippen LogP contribution >= 0.6 is 23.2 Å². The molecule has 0 unspecified atom stereocenters. The van der Waals surface area contributed by atoms with Gasteiger partial charge in [0.15, 0.2) is 5.78 Å². The number of fused-ring (bicyclic) bond motifs is 1. The fraction of sp³-hybridized carbons (Fsp3) is 0.235. The average molecular weight is 321 g/mol. The highest BCUT2D eigenvalue weighted by atomic mass is 35.5. The molecule has 108 valence electrons. The second-order valence-corrected chi connectivity index (χ2v) is 5.93. The molecule has 0 bridgehead atoms. The van der Waals surface area contributed by atoms with Gasteiger partial charge in [0.1, 0.15) is 12.4 Å². The number of ether oxygens (including phenoxy) is 1. The van der Waals surface area contributed by atoms with E-state index in [1.165, 1.54) is 0 Å². The van der Waals surface area contributed by atoms with Gasteiger partial charge in [0.25, 0.3) is 0 Å². The summed E-state index contributed by atoms with van der Waals surface area (Å²) >= 11 is 12.1. The first-order valence-corrected chi connectivity index (χ1v) is 7.62. The van der Waals surface area contributed by atoms with Crippen LogP contribution in [0.4, 0.5) is 0 Å². The molecular formula is C17H14Cl2O2. The van der Waals surface area contributed by atoms with E-state index in [2.05, 4.69) is 0 Å². The molecule has 0 amide bonds. The van der Waals surface area contributed by atoms with Gasteiger partial charge < -0.3 is 4.74 Å². The summed E-state index contributed by atoms with van der Waals surface area (Å²) in [5, 5.41) is 1.25. The van der Waals surface area contributed by atoms with Crippen molar-refractivity contribution in [2.75, 3.05) is 0 Å². The van der Waals surface area contributed by atoms with Gasteiger partial charge in [0.05, 0.1) is 0 Å². The van der Waals surface area contributed by atoms with Gasteiger partial charge in [-0.15, -0.1) is 0 Å². The zero-order chi connectivity index (χ0) is 14.8. The fourth-order valence-electron chi connectivity index (χ4n) is 2.59. The molecule has 1 aliphatic rings. The van der Waals surface area contributed by atoms with Crippen molar-refractivity contribution in [3.63, 3.8) is 0 Å². The van der Waals surface area contributed by atoms with E-state index in [-0.39, 0.29) is 5.78 Å². The first-order valence-electron chi connectivity index (χ1n) is 6.87. The van der Waals surface area contributed by atoms with Crippen molar-refractivity contribution in [2.45, 2.75) is 25.9 Å². The lowest BCUT2D eigenvalue weighted by Crippen LogP contribution is -2.12. The number of rotatable bonds is 3. The SMILES string of the molecule is O=C1CCCc2c(OCc3cc(Cl)ccc3Cl)cccc21. The fourth-order valence-corrected chi connectivity index (χ4v) is 2.96. The van der Waals surface area contributed by atoms with Crippen LogP contribution in [-0.4, -0.2) is 5.78 Å². The van der Waals surface area contributed by atoms with Crippen LogP contribution in [0.15, 0.2) is 36.4 Å². The van der Waals surface area contributed by atoms with Gasteiger partial charge in [-0.05, 0) is 37.1 Å². The van der Waals surface area contributed by atoms with E-state index >= 15 is 0 Å². The Balaban J connectivity index is 1.84. The molecule has 21 heavy (non-hydrogen) atoms. The molecule has 0 saturated carbocycles. The van der Waals surface area contributed by atoms with E-state index in [0.717, 1.165) is 35.3 Å². The van der Waals surface area contributed by atoms with Crippen LogP contribution in [-0.2, 0) is 13.0 Å². The third-order valence-electron chi connectivity index (χ3n) is 3.66. The highest BCUT2D eigenvalue weighted by molar-refractivity contribution is 6.33. The molecule has 0 fully saturated rings. The zero-order valence-electron chi connectivity index (χ0n) is 11.4. The van der Waals surface area contributed by atoms with Gasteiger partial charge >= 0.3 is 0 Å². The molecule has 4 heteroatoms. The van der Waals surface area contributed by atoms with Gasteiger partial charge in [0.2, 0.25) is 0 Å². The quantitative estimate of drug-likeness (QED) is 0.787. The number of ketones is 1. The number of hydrogen-bond acceptors (Lipinski definition) is 2. The van der Waals surface area contributed by atoms with Crippen LogP contribution in [0.1, 0.15) is 34.3 Å². The predicted molar refractivity (Wildman–Crippen MR) is 84.5 cm³/mol. The van der Waals surface area contributed by atoms with Crippen molar-refractivity contribution in [1.82, 2.24) is 0 Å². The lowest BCUT2D eigenvalue weighted by molar-refractivity contribution is 0.0971. The van der Waals surface area contributed by atoms with Crippen molar-refractivity contribution in [1.29, 1.82) is 0 Å². The molecule has 0 saturated heterocycles. The molecule has 0 atom stereocenters. The van der Waals surface area contributed by atoms with Crippen molar-refractivity contribution in [3.05, 3.63) is 63.1 Å². The molecule has 0 spiro atoms. The monoisotopic (exact) mass is 320 g/mol. The third-order valence-corrected chi connectivity index (χ3v) is 4.26. The Morgan fingerprint density at radius 1 is 1.10 bits per heavy atom. The normalized spacial score (nSPS) is 13.9. The molecule has 0 heterocycles. The van der Waals surface area contributed by atoms with Crippen LogP contribution in [0.25, 0.3) is 0 Å². The lowest BCUT2D eigenvalue weighted by Gasteiger charge is -2.19. The minimum Gasteiger partial charge on any atom is -0.489 e. The minimum absolute atomic E-state index is 0.197. The Kier molecular flexibility index (Phi) is 4.18. The lowest BCUT2D eigenvalue weighted by atomic mass is 9.90. The van der Waals surface area contributed by atoms with E-state index in [9.17, 15) is 4.79 Å². The van der Waals surface area contributed by atoms with Crippen molar-refractivity contribution >= 4 is 29.0 Å². The molecule has 0 aliphatic heterocycles. The molecule has 0 radical (unpaired) electrons. The summed E-state index contributed by atoms with van der Waals surface area (Å²) in [6.45, 7) is 0.337. The summed E-state index contributed by atoms with van der Waals surface area (Å²) in [6.07, 6.45) is 2.38. The first-order chi connectivity index (χ1) is 10.1. The maximum absolute atomic E-state index is 11.9. The van der Waals surface area contributed by atoms with Gasteiger partial charge in [0, 0.05) is 33.2 Å². The molecule has 1 aliphatic carbocycles. The summed E-state index contributed by atoms with van der Waals surface area (Å²) in [5.74, 6) is 0.957. The zero-order valence-corrected chi connectivity index (χ0v) is 12.9. The van der Waals surface area contributed by atoms with Crippen LogP contribution < -0.4 is 4.74 Å². The number of hydrogen-bond donors (Lipinski definition) is 0. The van der Waals surface area contributed by atoms with E-state index in [0.29, 0.717) is 23.1 Å². The van der Waals surface area contributed by atoms with E-state index < -0.39 is 0 Å². The summed E-state index contributed by atoms with van der Waals surface area (Å²) in [6, 6.07) is 10.9. The second-order valence-electron chi connectivity index (χ2n) is 5.08. The Hall–Kier alpha value is -1.51. The molecular weight excluding hydrogens is 307 g/mol. The van der Waals surface area contributed by atoms with Crippen molar-refractivity contribution in [3.8, 4) is 5.75 Å². The van der Waals surface area contributed by atoms with Gasteiger partial charge in [-0.3, -0.25) is 4.79 Å². The average Bonchev–Trinajstić information content (AvgIpc) is 2.49. The number of Topliss-reactive ketones (excluding diaryl/α,β-unsaturated/α-hetero) is 1. The Morgan fingerprint density at radius 3 is 2.81 bits per heavy atom. The highest BCUT2D eigenvalue weighted by Gasteiger charge is 2.20. The maximum Gasteiger partial charge on any atom is 0.163 e. The third kappa shape index (κ3) is 3.07. The van der Waals surface area contributed by atoms with Crippen LogP contribution in [0.2, 0.25) is 10.0 Å². The van der Waals surface area contributed by atoms with Gasteiger partial charge in [-0.25, -0.2) is 0 Å².